The molecule has 1 aromatic rings. The van der Waals surface area contributed by atoms with Crippen molar-refractivity contribution >= 4 is 5.91 Å². The Morgan fingerprint density at radius 2 is 2.06 bits per heavy atom. The van der Waals surface area contributed by atoms with Gasteiger partial charge in [0.2, 0.25) is 5.91 Å². The maximum atomic E-state index is 12.8. The summed E-state index contributed by atoms with van der Waals surface area (Å²) in [7, 11) is 0. The number of benzene rings is 1. The lowest BCUT2D eigenvalue weighted by Crippen LogP contribution is -2.26. The number of carbonyl (C=O) groups excluding carboxylic acids is 1. The van der Waals surface area contributed by atoms with Gasteiger partial charge in [0.15, 0.2) is 11.6 Å². The number of aliphatic hydroxyl groups is 1. The van der Waals surface area contributed by atoms with Crippen molar-refractivity contribution in [3.8, 4) is 0 Å². The van der Waals surface area contributed by atoms with Crippen LogP contribution in [0.15, 0.2) is 18.2 Å². The summed E-state index contributed by atoms with van der Waals surface area (Å²) in [5.41, 5.74) is 0.568. The smallest absolute Gasteiger partial charge is 0.220 e. The van der Waals surface area contributed by atoms with Crippen molar-refractivity contribution in [1.29, 1.82) is 0 Å². The molecule has 3 nitrogen and oxygen atoms in total. The molecule has 0 heterocycles. The summed E-state index contributed by atoms with van der Waals surface area (Å²) in [6, 6.07) is 3.56. The Morgan fingerprint density at radius 3 is 2.69 bits per heavy atom. The SMILES string of the molecule is O=C(CCc1ccc(F)c(F)c1)NCCO. The predicted octanol–water partition coefficient (Wildman–Crippen LogP) is 1.01. The van der Waals surface area contributed by atoms with Gasteiger partial charge in [0.25, 0.3) is 0 Å². The van der Waals surface area contributed by atoms with Gasteiger partial charge in [-0.25, -0.2) is 8.78 Å². The molecule has 88 valence electrons. The maximum Gasteiger partial charge on any atom is 0.220 e. The molecule has 0 aliphatic carbocycles. The van der Waals surface area contributed by atoms with Gasteiger partial charge in [-0.15, -0.1) is 0 Å². The van der Waals surface area contributed by atoms with Crippen LogP contribution in [0.3, 0.4) is 0 Å². The van der Waals surface area contributed by atoms with Gasteiger partial charge < -0.3 is 10.4 Å². The number of nitrogens with one attached hydrogen (secondary N) is 1. The molecule has 1 aromatic carbocycles. The van der Waals surface area contributed by atoms with E-state index in [2.05, 4.69) is 5.32 Å². The van der Waals surface area contributed by atoms with Gasteiger partial charge >= 0.3 is 0 Å². The quantitative estimate of drug-likeness (QED) is 0.791. The summed E-state index contributed by atoms with van der Waals surface area (Å²) in [6.07, 6.45) is 0.527. The molecule has 0 bridgehead atoms. The Bertz CT molecular complexity index is 369. The van der Waals surface area contributed by atoms with Crippen LogP contribution >= 0.6 is 0 Å². The number of amides is 1. The van der Waals surface area contributed by atoms with Gasteiger partial charge in [0.1, 0.15) is 0 Å². The van der Waals surface area contributed by atoms with Crippen LogP contribution in [0.25, 0.3) is 0 Å². The van der Waals surface area contributed by atoms with Crippen molar-refractivity contribution in [2.75, 3.05) is 13.2 Å². The first-order valence-electron chi connectivity index (χ1n) is 4.95. The van der Waals surface area contributed by atoms with E-state index in [1.807, 2.05) is 0 Å². The Labute approximate surface area is 92.1 Å². The highest BCUT2D eigenvalue weighted by Gasteiger charge is 2.05. The molecule has 0 saturated carbocycles. The fourth-order valence-electron chi connectivity index (χ4n) is 1.24. The van der Waals surface area contributed by atoms with E-state index < -0.39 is 11.6 Å². The third-order valence-corrected chi connectivity index (χ3v) is 2.06. The molecule has 0 aliphatic heterocycles. The summed E-state index contributed by atoms with van der Waals surface area (Å²) in [4.78, 5) is 11.1. The molecular formula is C11H13F2NO2. The van der Waals surface area contributed by atoms with Crippen LogP contribution in [0.5, 0.6) is 0 Å². The van der Waals surface area contributed by atoms with Gasteiger partial charge in [0.05, 0.1) is 6.61 Å². The topological polar surface area (TPSA) is 49.3 Å². The van der Waals surface area contributed by atoms with Gasteiger partial charge in [0, 0.05) is 13.0 Å². The van der Waals surface area contributed by atoms with Crippen LogP contribution in [-0.2, 0) is 11.2 Å². The fourth-order valence-corrected chi connectivity index (χ4v) is 1.24. The molecule has 0 radical (unpaired) electrons. The molecule has 0 unspecified atom stereocenters. The molecule has 0 aromatic heterocycles. The molecule has 0 aliphatic rings. The van der Waals surface area contributed by atoms with Gasteiger partial charge in [-0.05, 0) is 24.1 Å². The molecule has 5 heteroatoms. The van der Waals surface area contributed by atoms with Crippen molar-refractivity contribution in [3.63, 3.8) is 0 Å². The van der Waals surface area contributed by atoms with Crippen LogP contribution in [-0.4, -0.2) is 24.2 Å². The van der Waals surface area contributed by atoms with Crippen molar-refractivity contribution in [2.45, 2.75) is 12.8 Å². The Hall–Kier alpha value is -1.49. The van der Waals surface area contributed by atoms with Gasteiger partial charge in [-0.1, -0.05) is 6.07 Å². The van der Waals surface area contributed by atoms with E-state index in [0.717, 1.165) is 12.1 Å². The average Bonchev–Trinajstić information content (AvgIpc) is 2.28. The highest BCUT2D eigenvalue weighted by atomic mass is 19.2. The number of aliphatic hydroxyl groups excluding tert-OH is 1. The number of carbonyl (C=O) groups is 1. The first kappa shape index (κ1) is 12.6. The summed E-state index contributed by atoms with van der Waals surface area (Å²) < 4.78 is 25.4. The second-order valence-electron chi connectivity index (χ2n) is 3.32. The first-order chi connectivity index (χ1) is 7.63. The number of aryl methyl sites for hydroxylation is 1. The number of hydrogen-bond acceptors (Lipinski definition) is 2. The normalized spacial score (nSPS) is 10.2. The number of hydrogen-bond donors (Lipinski definition) is 2. The molecular weight excluding hydrogens is 216 g/mol. The monoisotopic (exact) mass is 229 g/mol. The van der Waals surface area contributed by atoms with E-state index in [0.29, 0.717) is 12.0 Å². The molecule has 1 amide bonds. The third-order valence-electron chi connectivity index (χ3n) is 2.06. The molecule has 1 rings (SSSR count). The molecule has 0 saturated heterocycles. The molecule has 0 spiro atoms. The zero-order valence-corrected chi connectivity index (χ0v) is 8.67. The largest absolute Gasteiger partial charge is 0.395 e. The lowest BCUT2D eigenvalue weighted by molar-refractivity contribution is -0.121. The van der Waals surface area contributed by atoms with E-state index >= 15 is 0 Å². The van der Waals surface area contributed by atoms with E-state index in [9.17, 15) is 13.6 Å². The summed E-state index contributed by atoms with van der Waals surface area (Å²) in [6.45, 7) is 0.0908. The van der Waals surface area contributed by atoms with E-state index in [4.69, 9.17) is 5.11 Å². The van der Waals surface area contributed by atoms with Gasteiger partial charge in [-0.3, -0.25) is 4.79 Å². The summed E-state index contributed by atoms with van der Waals surface area (Å²) >= 11 is 0. The first-order valence-corrected chi connectivity index (χ1v) is 4.95. The van der Waals surface area contributed by atoms with Crippen LogP contribution in [0.1, 0.15) is 12.0 Å². The Balaban J connectivity index is 2.42. The minimum atomic E-state index is -0.909. The summed E-state index contributed by atoms with van der Waals surface area (Å²) in [5.74, 6) is -2.03. The lowest BCUT2D eigenvalue weighted by Gasteiger charge is -2.03. The van der Waals surface area contributed by atoms with Crippen LogP contribution in [0, 0.1) is 11.6 Å². The average molecular weight is 229 g/mol. The lowest BCUT2D eigenvalue weighted by atomic mass is 10.1. The standard InChI is InChI=1S/C11H13F2NO2/c12-9-3-1-8(7-10(9)13)2-4-11(16)14-5-6-15/h1,3,7,15H,2,4-6H2,(H,14,16). The van der Waals surface area contributed by atoms with Crippen molar-refractivity contribution in [3.05, 3.63) is 35.4 Å². The highest BCUT2D eigenvalue weighted by molar-refractivity contribution is 5.76. The number of rotatable bonds is 5. The fraction of sp³-hybridized carbons (Fsp3) is 0.364. The predicted molar refractivity (Wildman–Crippen MR) is 54.8 cm³/mol. The second-order valence-corrected chi connectivity index (χ2v) is 3.32. The zero-order chi connectivity index (χ0) is 12.0. The Kier molecular flexibility index (Phi) is 4.85. The maximum absolute atomic E-state index is 12.8. The summed E-state index contributed by atoms with van der Waals surface area (Å²) in [5, 5.41) is 10.9. The molecule has 2 N–H and O–H groups in total. The molecule has 0 fully saturated rings. The minimum absolute atomic E-state index is 0.114. The van der Waals surface area contributed by atoms with Crippen LogP contribution in [0.2, 0.25) is 0 Å². The third kappa shape index (κ3) is 3.94. The van der Waals surface area contributed by atoms with Crippen molar-refractivity contribution in [1.82, 2.24) is 5.32 Å². The minimum Gasteiger partial charge on any atom is -0.395 e. The van der Waals surface area contributed by atoms with Crippen molar-refractivity contribution in [2.24, 2.45) is 0 Å². The van der Waals surface area contributed by atoms with E-state index in [-0.39, 0.29) is 25.5 Å². The van der Waals surface area contributed by atoms with Crippen molar-refractivity contribution < 1.29 is 18.7 Å². The van der Waals surface area contributed by atoms with Crippen LogP contribution in [0.4, 0.5) is 8.78 Å². The second kappa shape index (κ2) is 6.17. The van der Waals surface area contributed by atoms with E-state index in [1.165, 1.54) is 6.07 Å². The number of halogens is 2. The Morgan fingerprint density at radius 1 is 1.31 bits per heavy atom. The van der Waals surface area contributed by atoms with E-state index in [1.54, 1.807) is 0 Å². The van der Waals surface area contributed by atoms with Crippen LogP contribution < -0.4 is 5.32 Å². The zero-order valence-electron chi connectivity index (χ0n) is 8.67. The molecule has 0 atom stereocenters. The van der Waals surface area contributed by atoms with Gasteiger partial charge in [-0.2, -0.15) is 0 Å². The molecule has 16 heavy (non-hydrogen) atoms. The highest BCUT2D eigenvalue weighted by Crippen LogP contribution is 2.10.